The van der Waals surface area contributed by atoms with Gasteiger partial charge in [-0.15, -0.1) is 0 Å². The van der Waals surface area contributed by atoms with Gasteiger partial charge in [0.1, 0.15) is 5.82 Å². The number of nitrogens with zero attached hydrogens (tertiary/aromatic N) is 4. The summed E-state index contributed by atoms with van der Waals surface area (Å²) in [5.41, 5.74) is 8.09. The Balaban J connectivity index is 3.22. The van der Waals surface area contributed by atoms with Crippen LogP contribution >= 0.6 is 0 Å². The van der Waals surface area contributed by atoms with Crippen LogP contribution in [-0.2, 0) is 0 Å². The monoisotopic (exact) mass is 162 g/mol. The summed E-state index contributed by atoms with van der Waals surface area (Å²) in [6.45, 7) is 6.57. The Morgan fingerprint density at radius 3 is 2.75 bits per heavy atom. The second kappa shape index (κ2) is 3.37. The molecule has 0 fully saturated rings. The van der Waals surface area contributed by atoms with Crippen molar-refractivity contribution in [1.29, 1.82) is 0 Å². The third-order valence-corrected chi connectivity index (χ3v) is 1.21. The van der Waals surface area contributed by atoms with Crippen LogP contribution in [0.4, 0.5) is 15.8 Å². The molecule has 0 atom stereocenters. The zero-order valence-corrected chi connectivity index (χ0v) is 5.90. The lowest BCUT2D eigenvalue weighted by Gasteiger charge is -1.93. The molecule has 5 heteroatoms. The van der Waals surface area contributed by atoms with Crippen molar-refractivity contribution in [2.24, 2.45) is 5.11 Å². The van der Waals surface area contributed by atoms with Gasteiger partial charge in [0.05, 0.1) is 12.3 Å². The second-order valence-corrected chi connectivity index (χ2v) is 1.94. The van der Waals surface area contributed by atoms with E-state index in [1.54, 1.807) is 0 Å². The zero-order chi connectivity index (χ0) is 8.97. The van der Waals surface area contributed by atoms with Crippen molar-refractivity contribution in [3.8, 4) is 0 Å². The maximum Gasteiger partial charge on any atom is 0.190 e. The van der Waals surface area contributed by atoms with Crippen molar-refractivity contribution < 1.29 is 4.39 Å². The van der Waals surface area contributed by atoms with Gasteiger partial charge in [0.2, 0.25) is 0 Å². The molecule has 58 valence electrons. The first-order chi connectivity index (χ1) is 5.77. The first-order valence-electron chi connectivity index (χ1n) is 3.00. The molecule has 0 saturated carbocycles. The number of azide groups is 1. The third-order valence-electron chi connectivity index (χ3n) is 1.21. The van der Waals surface area contributed by atoms with E-state index in [-0.39, 0.29) is 11.4 Å². The van der Waals surface area contributed by atoms with Gasteiger partial charge in [-0.1, -0.05) is 17.2 Å². The zero-order valence-electron chi connectivity index (χ0n) is 5.90. The van der Waals surface area contributed by atoms with Gasteiger partial charge in [0, 0.05) is 4.91 Å². The van der Waals surface area contributed by atoms with Crippen LogP contribution in [-0.4, -0.2) is 0 Å². The highest BCUT2D eigenvalue weighted by Crippen LogP contribution is 2.23. The van der Waals surface area contributed by atoms with Crippen molar-refractivity contribution in [3.05, 3.63) is 45.9 Å². The number of halogens is 1. The quantitative estimate of drug-likeness (QED) is 0.263. The molecule has 0 saturated heterocycles. The molecule has 4 nitrogen and oxygen atoms in total. The molecule has 0 amide bonds. The van der Waals surface area contributed by atoms with Gasteiger partial charge >= 0.3 is 0 Å². The molecule has 0 unspecified atom stereocenters. The Kier molecular flexibility index (Phi) is 2.26. The average molecular weight is 162 g/mol. The molecule has 0 aliphatic rings. The first-order valence-corrected chi connectivity index (χ1v) is 3.00. The summed E-state index contributed by atoms with van der Waals surface area (Å²) in [5, 5.41) is 3.08. The minimum atomic E-state index is -0.679. The summed E-state index contributed by atoms with van der Waals surface area (Å²) in [5.74, 6) is -0.679. The Hall–Kier alpha value is -2.05. The molecule has 0 bridgehead atoms. The smallest absolute Gasteiger partial charge is 0.190 e. The fourth-order valence-corrected chi connectivity index (χ4v) is 0.695. The van der Waals surface area contributed by atoms with Crippen molar-refractivity contribution in [3.63, 3.8) is 0 Å². The molecule has 0 aromatic heterocycles. The molecule has 1 aromatic carbocycles. The predicted molar refractivity (Wildman–Crippen MR) is 41.5 cm³/mol. The summed E-state index contributed by atoms with van der Waals surface area (Å²) >= 11 is 0. The highest BCUT2D eigenvalue weighted by atomic mass is 19.1. The minimum Gasteiger partial charge on any atom is -0.238 e. The molecule has 12 heavy (non-hydrogen) atoms. The summed E-state index contributed by atoms with van der Waals surface area (Å²) in [6.07, 6.45) is 0. The lowest BCUT2D eigenvalue weighted by atomic mass is 10.3. The topological polar surface area (TPSA) is 53.1 Å². The average Bonchev–Trinajstić information content (AvgIpc) is 2.09. The maximum absolute atomic E-state index is 12.8. The lowest BCUT2D eigenvalue weighted by molar-refractivity contribution is 0.630. The van der Waals surface area contributed by atoms with E-state index in [0.717, 1.165) is 6.07 Å². The van der Waals surface area contributed by atoms with Gasteiger partial charge in [-0.05, 0) is 11.6 Å². The van der Waals surface area contributed by atoms with E-state index in [1.165, 1.54) is 12.1 Å². The molecule has 1 rings (SSSR count). The van der Waals surface area contributed by atoms with Crippen molar-refractivity contribution in [1.82, 2.24) is 0 Å². The number of hydrogen-bond donors (Lipinski definition) is 0. The van der Waals surface area contributed by atoms with Gasteiger partial charge < -0.3 is 0 Å². The predicted octanol–water partition coefficient (Wildman–Crippen LogP) is 3.32. The summed E-state index contributed by atoms with van der Waals surface area (Å²) in [7, 11) is 0. The van der Waals surface area contributed by atoms with Gasteiger partial charge in [-0.3, -0.25) is 0 Å². The summed E-state index contributed by atoms with van der Waals surface area (Å²) < 4.78 is 12.8. The Bertz CT molecular complexity index is 387. The van der Waals surface area contributed by atoms with Gasteiger partial charge in [-0.25, -0.2) is 9.24 Å². The highest BCUT2D eigenvalue weighted by Gasteiger charge is 1.99. The molecule has 0 spiro atoms. The molecule has 0 radical (unpaired) electrons. The largest absolute Gasteiger partial charge is 0.238 e. The van der Waals surface area contributed by atoms with E-state index < -0.39 is 5.82 Å². The van der Waals surface area contributed by atoms with Crippen LogP contribution in [0.3, 0.4) is 0 Å². The lowest BCUT2D eigenvalue weighted by Crippen LogP contribution is -1.72. The summed E-state index contributed by atoms with van der Waals surface area (Å²) in [6, 6.07) is 3.68. The third kappa shape index (κ3) is 1.51. The van der Waals surface area contributed by atoms with E-state index in [0.29, 0.717) is 0 Å². The van der Waals surface area contributed by atoms with E-state index >= 15 is 0 Å². The summed E-state index contributed by atoms with van der Waals surface area (Å²) in [4.78, 5) is 5.44. The molecular formula is C7H3FN4. The van der Waals surface area contributed by atoms with Crippen LogP contribution in [0, 0.1) is 12.4 Å². The van der Waals surface area contributed by atoms with Crippen molar-refractivity contribution >= 4 is 11.4 Å². The van der Waals surface area contributed by atoms with E-state index in [1.807, 2.05) is 0 Å². The van der Waals surface area contributed by atoms with E-state index in [9.17, 15) is 4.39 Å². The van der Waals surface area contributed by atoms with Gasteiger partial charge in [-0.2, -0.15) is 0 Å². The number of benzene rings is 1. The van der Waals surface area contributed by atoms with E-state index in [2.05, 4.69) is 14.9 Å². The first kappa shape index (κ1) is 8.05. The van der Waals surface area contributed by atoms with Gasteiger partial charge in [0.15, 0.2) is 5.69 Å². The molecule has 0 aliphatic carbocycles. The second-order valence-electron chi connectivity index (χ2n) is 1.94. The van der Waals surface area contributed by atoms with Crippen LogP contribution in [0.2, 0.25) is 0 Å². The molecule has 0 heterocycles. The molecular weight excluding hydrogens is 159 g/mol. The Morgan fingerprint density at radius 1 is 1.50 bits per heavy atom. The van der Waals surface area contributed by atoms with Crippen LogP contribution in [0.25, 0.3) is 15.3 Å². The van der Waals surface area contributed by atoms with E-state index in [4.69, 9.17) is 12.1 Å². The SMILES string of the molecule is [C-]#[N+]c1ccc(N=[N+]=[N-])c(F)c1. The highest BCUT2D eigenvalue weighted by molar-refractivity contribution is 5.52. The number of rotatable bonds is 1. The Labute approximate surface area is 67.7 Å². The fourth-order valence-electron chi connectivity index (χ4n) is 0.695. The normalized spacial score (nSPS) is 8.33. The fraction of sp³-hybridized carbons (Fsp3) is 0. The minimum absolute atomic E-state index is 0.0927. The van der Waals surface area contributed by atoms with Crippen molar-refractivity contribution in [2.45, 2.75) is 0 Å². The van der Waals surface area contributed by atoms with Crippen LogP contribution in [0.1, 0.15) is 0 Å². The van der Waals surface area contributed by atoms with Crippen LogP contribution in [0.5, 0.6) is 0 Å². The molecule has 1 aromatic rings. The van der Waals surface area contributed by atoms with Crippen LogP contribution in [0.15, 0.2) is 23.3 Å². The molecule has 0 N–H and O–H groups in total. The van der Waals surface area contributed by atoms with Gasteiger partial charge in [0.25, 0.3) is 0 Å². The maximum atomic E-state index is 12.8. The van der Waals surface area contributed by atoms with Crippen molar-refractivity contribution in [2.75, 3.05) is 0 Å². The van der Waals surface area contributed by atoms with Crippen LogP contribution < -0.4 is 0 Å². The molecule has 0 aliphatic heterocycles. The Morgan fingerprint density at radius 2 is 2.25 bits per heavy atom. The number of hydrogen-bond acceptors (Lipinski definition) is 1. The standard InChI is InChI=1S/C7H3FN4/c1-10-5-2-3-7(11-12-9)6(8)4-5/h2-4H.